The molecule has 1 N–H and O–H groups in total. The summed E-state index contributed by atoms with van der Waals surface area (Å²) in [5, 5.41) is 15.2. The first-order chi connectivity index (χ1) is 17.4. The van der Waals surface area contributed by atoms with Crippen LogP contribution in [0.1, 0.15) is 11.1 Å². The lowest BCUT2D eigenvalue weighted by Crippen LogP contribution is -2.60. The molecule has 0 spiro atoms. The van der Waals surface area contributed by atoms with Crippen molar-refractivity contribution in [2.75, 3.05) is 37.0 Å². The normalized spacial score (nSPS) is 19.2. The van der Waals surface area contributed by atoms with Gasteiger partial charge in [0.1, 0.15) is 5.75 Å². The molecule has 8 nitrogen and oxygen atoms in total. The Kier molecular flexibility index (Phi) is 6.80. The Hall–Kier alpha value is -3.62. The van der Waals surface area contributed by atoms with Crippen molar-refractivity contribution in [1.82, 2.24) is 4.90 Å². The van der Waals surface area contributed by atoms with Crippen LogP contribution in [0.2, 0.25) is 5.02 Å². The van der Waals surface area contributed by atoms with Crippen LogP contribution in [0, 0.1) is 16.0 Å². The highest BCUT2D eigenvalue weighted by Crippen LogP contribution is 2.38. The molecule has 3 aromatic rings. The summed E-state index contributed by atoms with van der Waals surface area (Å²) in [4.78, 5) is 29.2. The molecule has 2 atom stereocenters. The number of nitro groups is 1. The van der Waals surface area contributed by atoms with Crippen LogP contribution >= 0.6 is 11.6 Å². The molecular formula is C27H27ClN4O4. The van der Waals surface area contributed by atoms with E-state index >= 15 is 0 Å². The fourth-order valence-electron chi connectivity index (χ4n) is 5.21. The number of halogens is 1. The number of benzene rings is 3. The Morgan fingerprint density at radius 1 is 1.14 bits per heavy atom. The first-order valence-electron chi connectivity index (χ1n) is 11.9. The second kappa shape index (κ2) is 10.2. The third-order valence-corrected chi connectivity index (χ3v) is 7.24. The molecule has 9 heteroatoms. The van der Waals surface area contributed by atoms with Crippen LogP contribution in [-0.4, -0.2) is 48.5 Å². The molecular weight excluding hydrogens is 480 g/mol. The van der Waals surface area contributed by atoms with E-state index in [1.807, 2.05) is 48.5 Å². The summed E-state index contributed by atoms with van der Waals surface area (Å²) in [6.07, 6.45) is 0.433. The minimum Gasteiger partial charge on any atom is -0.497 e. The summed E-state index contributed by atoms with van der Waals surface area (Å²) in [6, 6.07) is 20.0. The van der Waals surface area contributed by atoms with Gasteiger partial charge in [0.25, 0.3) is 5.69 Å². The number of nitrogens with zero attached hydrogens (tertiary/aromatic N) is 3. The fourth-order valence-corrected chi connectivity index (χ4v) is 5.34. The van der Waals surface area contributed by atoms with E-state index in [2.05, 4.69) is 15.1 Å². The van der Waals surface area contributed by atoms with E-state index in [1.54, 1.807) is 25.3 Å². The van der Waals surface area contributed by atoms with E-state index in [0.717, 1.165) is 36.4 Å². The number of rotatable bonds is 6. The topological polar surface area (TPSA) is 87.9 Å². The first-order valence-corrected chi connectivity index (χ1v) is 12.2. The molecule has 2 aliphatic rings. The van der Waals surface area contributed by atoms with Gasteiger partial charge < -0.3 is 15.0 Å². The third-order valence-electron chi connectivity index (χ3n) is 6.98. The quantitative estimate of drug-likeness (QED) is 0.383. The van der Waals surface area contributed by atoms with Crippen LogP contribution in [0.25, 0.3) is 0 Å². The van der Waals surface area contributed by atoms with Crippen molar-refractivity contribution in [3.63, 3.8) is 0 Å². The summed E-state index contributed by atoms with van der Waals surface area (Å²) in [5.41, 5.74) is 3.67. The number of ether oxygens (including phenoxy) is 1. The number of amides is 1. The van der Waals surface area contributed by atoms with Gasteiger partial charge in [-0.3, -0.25) is 19.8 Å². The Labute approximate surface area is 214 Å². The molecule has 186 valence electrons. The van der Waals surface area contributed by atoms with Crippen LogP contribution in [0.3, 0.4) is 0 Å². The highest BCUT2D eigenvalue weighted by molar-refractivity contribution is 6.30. The molecule has 0 radical (unpaired) electrons. The largest absolute Gasteiger partial charge is 0.497 e. The molecule has 1 amide bonds. The number of nitrogens with one attached hydrogen (secondary N) is 1. The third kappa shape index (κ3) is 5.01. The van der Waals surface area contributed by atoms with Crippen molar-refractivity contribution in [3.05, 3.63) is 93.0 Å². The van der Waals surface area contributed by atoms with Gasteiger partial charge in [-0.15, -0.1) is 0 Å². The van der Waals surface area contributed by atoms with Gasteiger partial charge in [-0.05, 0) is 47.9 Å². The van der Waals surface area contributed by atoms with Crippen molar-refractivity contribution in [1.29, 1.82) is 0 Å². The monoisotopic (exact) mass is 506 g/mol. The summed E-state index contributed by atoms with van der Waals surface area (Å²) in [5.74, 6) is 0.174. The molecule has 36 heavy (non-hydrogen) atoms. The van der Waals surface area contributed by atoms with Gasteiger partial charge >= 0.3 is 0 Å². The average Bonchev–Trinajstić information content (AvgIpc) is 2.89. The zero-order chi connectivity index (χ0) is 25.2. The standard InChI is InChI=1S/C27H27ClN4O4/c1-36-23-4-2-3-21(15-23)29-27(33)24-14-19-13-22(32(34)35)9-10-25(19)31-12-11-30(17-26(24)31)16-18-5-7-20(28)8-6-18/h2-10,13,15,24,26H,11-12,14,16-17H2,1H3,(H,29,33)/t24-,26+/m1/s1. The smallest absolute Gasteiger partial charge is 0.269 e. The molecule has 0 bridgehead atoms. The highest BCUT2D eigenvalue weighted by atomic mass is 35.5. The van der Waals surface area contributed by atoms with Crippen molar-refractivity contribution in [3.8, 4) is 5.75 Å². The predicted octanol–water partition coefficient (Wildman–Crippen LogP) is 4.76. The molecule has 2 aliphatic heterocycles. The van der Waals surface area contributed by atoms with E-state index < -0.39 is 0 Å². The van der Waals surface area contributed by atoms with Gasteiger partial charge in [0.15, 0.2) is 0 Å². The molecule has 0 unspecified atom stereocenters. The highest BCUT2D eigenvalue weighted by Gasteiger charge is 2.42. The van der Waals surface area contributed by atoms with Crippen LogP contribution in [0.4, 0.5) is 17.1 Å². The minimum atomic E-state index is -0.387. The number of carbonyl (C=O) groups is 1. The fraction of sp³-hybridized carbons (Fsp3) is 0.296. The van der Waals surface area contributed by atoms with Crippen LogP contribution in [0.5, 0.6) is 5.75 Å². The number of non-ortho nitro benzene ring substituents is 1. The van der Waals surface area contributed by atoms with E-state index in [-0.39, 0.29) is 28.5 Å². The minimum absolute atomic E-state index is 0.0422. The SMILES string of the molecule is COc1cccc(NC(=O)[C@@H]2Cc3cc([N+](=O)[O-])ccc3N3CCN(Cc4ccc(Cl)cc4)C[C@@H]23)c1. The summed E-state index contributed by atoms with van der Waals surface area (Å²) < 4.78 is 5.29. The Morgan fingerprint density at radius 2 is 1.94 bits per heavy atom. The van der Waals surface area contributed by atoms with E-state index in [4.69, 9.17) is 16.3 Å². The number of carbonyl (C=O) groups excluding carboxylic acids is 1. The van der Waals surface area contributed by atoms with Gasteiger partial charge in [0.2, 0.25) is 5.91 Å². The number of anilines is 2. The number of piperazine rings is 1. The van der Waals surface area contributed by atoms with Crippen LogP contribution < -0.4 is 15.0 Å². The summed E-state index contributed by atoms with van der Waals surface area (Å²) in [7, 11) is 1.58. The zero-order valence-electron chi connectivity index (χ0n) is 19.9. The van der Waals surface area contributed by atoms with E-state index in [1.165, 1.54) is 0 Å². The second-order valence-corrected chi connectivity index (χ2v) is 9.66. The van der Waals surface area contributed by atoms with Gasteiger partial charge in [0, 0.05) is 60.8 Å². The molecule has 0 aromatic heterocycles. The Morgan fingerprint density at radius 3 is 2.69 bits per heavy atom. The number of fused-ring (bicyclic) bond motifs is 3. The number of hydrogen-bond acceptors (Lipinski definition) is 6. The zero-order valence-corrected chi connectivity index (χ0v) is 20.6. The second-order valence-electron chi connectivity index (χ2n) is 9.22. The predicted molar refractivity (Wildman–Crippen MR) is 140 cm³/mol. The molecule has 1 fully saturated rings. The van der Waals surface area contributed by atoms with Crippen molar-refractivity contribution < 1.29 is 14.5 Å². The number of methoxy groups -OCH3 is 1. The number of hydrogen-bond donors (Lipinski definition) is 1. The van der Waals surface area contributed by atoms with Gasteiger partial charge in [0.05, 0.1) is 24.0 Å². The lowest BCUT2D eigenvalue weighted by molar-refractivity contribution is -0.384. The molecule has 1 saturated heterocycles. The van der Waals surface area contributed by atoms with E-state index in [0.29, 0.717) is 29.4 Å². The molecule has 3 aromatic carbocycles. The van der Waals surface area contributed by atoms with E-state index in [9.17, 15) is 14.9 Å². The average molecular weight is 507 g/mol. The first kappa shape index (κ1) is 24.1. The molecule has 0 saturated carbocycles. The Bertz CT molecular complexity index is 1280. The van der Waals surface area contributed by atoms with Crippen molar-refractivity contribution >= 4 is 34.6 Å². The maximum absolute atomic E-state index is 13.6. The summed E-state index contributed by atoms with van der Waals surface area (Å²) in [6.45, 7) is 3.01. The maximum atomic E-state index is 13.6. The molecule has 5 rings (SSSR count). The summed E-state index contributed by atoms with van der Waals surface area (Å²) >= 11 is 6.05. The Balaban J connectivity index is 1.43. The van der Waals surface area contributed by atoms with Gasteiger partial charge in [-0.25, -0.2) is 0 Å². The lowest BCUT2D eigenvalue weighted by atomic mass is 9.83. The van der Waals surface area contributed by atoms with Crippen LogP contribution in [-0.2, 0) is 17.8 Å². The van der Waals surface area contributed by atoms with Gasteiger partial charge in [-0.1, -0.05) is 29.8 Å². The van der Waals surface area contributed by atoms with Crippen molar-refractivity contribution in [2.45, 2.75) is 19.0 Å². The van der Waals surface area contributed by atoms with Crippen LogP contribution in [0.15, 0.2) is 66.7 Å². The van der Waals surface area contributed by atoms with Gasteiger partial charge in [-0.2, -0.15) is 0 Å². The lowest BCUT2D eigenvalue weighted by Gasteiger charge is -2.49. The maximum Gasteiger partial charge on any atom is 0.269 e. The number of nitro benzene ring substituents is 1. The molecule has 2 heterocycles. The molecule has 0 aliphatic carbocycles. The van der Waals surface area contributed by atoms with Crippen molar-refractivity contribution in [2.24, 2.45) is 5.92 Å².